The molecule has 0 saturated heterocycles. The molecular weight excluding hydrogens is 148 g/mol. The van der Waals surface area contributed by atoms with Crippen LogP contribution in [0.3, 0.4) is 0 Å². The maximum absolute atomic E-state index is 8.13. The SMILES string of the molecule is COc1nc(C=NO)nn1C. The third-order valence-corrected chi connectivity index (χ3v) is 1.10. The van der Waals surface area contributed by atoms with Gasteiger partial charge < -0.3 is 9.94 Å². The second kappa shape index (κ2) is 3.00. The van der Waals surface area contributed by atoms with Gasteiger partial charge in [0.05, 0.1) is 7.11 Å². The van der Waals surface area contributed by atoms with Crippen molar-refractivity contribution in [2.45, 2.75) is 0 Å². The van der Waals surface area contributed by atoms with Crippen LogP contribution in [0.15, 0.2) is 5.16 Å². The van der Waals surface area contributed by atoms with Gasteiger partial charge in [0, 0.05) is 7.05 Å². The van der Waals surface area contributed by atoms with Crippen LogP contribution < -0.4 is 4.74 Å². The molecule has 0 fully saturated rings. The highest BCUT2D eigenvalue weighted by Gasteiger charge is 2.03. The van der Waals surface area contributed by atoms with Crippen molar-refractivity contribution in [3.63, 3.8) is 0 Å². The molecule has 0 bridgehead atoms. The molecule has 11 heavy (non-hydrogen) atoms. The lowest BCUT2D eigenvalue weighted by Gasteiger charge is -1.92. The van der Waals surface area contributed by atoms with Crippen molar-refractivity contribution in [1.82, 2.24) is 14.8 Å². The van der Waals surface area contributed by atoms with Gasteiger partial charge in [-0.25, -0.2) is 4.68 Å². The third-order valence-electron chi connectivity index (χ3n) is 1.10. The van der Waals surface area contributed by atoms with Crippen LogP contribution in [0, 0.1) is 0 Å². The molecule has 0 radical (unpaired) electrons. The van der Waals surface area contributed by atoms with Gasteiger partial charge in [-0.05, 0) is 0 Å². The summed E-state index contributed by atoms with van der Waals surface area (Å²) in [6.45, 7) is 0. The van der Waals surface area contributed by atoms with E-state index >= 15 is 0 Å². The highest BCUT2D eigenvalue weighted by atomic mass is 16.5. The summed E-state index contributed by atoms with van der Waals surface area (Å²) in [4.78, 5) is 3.84. The van der Waals surface area contributed by atoms with E-state index in [4.69, 9.17) is 9.94 Å². The van der Waals surface area contributed by atoms with Gasteiger partial charge >= 0.3 is 6.01 Å². The molecule has 1 aromatic rings. The molecule has 0 unspecified atom stereocenters. The fraction of sp³-hybridized carbons (Fsp3) is 0.400. The van der Waals surface area contributed by atoms with Gasteiger partial charge in [0.2, 0.25) is 0 Å². The molecule has 0 aromatic carbocycles. The molecule has 6 heteroatoms. The fourth-order valence-electron chi connectivity index (χ4n) is 0.673. The lowest BCUT2D eigenvalue weighted by Crippen LogP contribution is -1.95. The topological polar surface area (TPSA) is 72.5 Å². The van der Waals surface area contributed by atoms with Crippen molar-refractivity contribution >= 4 is 6.21 Å². The molecule has 0 atom stereocenters. The maximum atomic E-state index is 8.13. The van der Waals surface area contributed by atoms with Gasteiger partial charge in [0.15, 0.2) is 5.82 Å². The first-order chi connectivity index (χ1) is 5.27. The van der Waals surface area contributed by atoms with E-state index in [9.17, 15) is 0 Å². The van der Waals surface area contributed by atoms with E-state index in [0.29, 0.717) is 11.8 Å². The number of aromatic nitrogens is 3. The van der Waals surface area contributed by atoms with Gasteiger partial charge in [0.1, 0.15) is 6.21 Å². The number of oxime groups is 1. The number of ether oxygens (including phenoxy) is 1. The molecule has 0 saturated carbocycles. The highest BCUT2D eigenvalue weighted by Crippen LogP contribution is 2.02. The Kier molecular flexibility index (Phi) is 2.05. The molecule has 1 N–H and O–H groups in total. The van der Waals surface area contributed by atoms with Crippen molar-refractivity contribution in [2.75, 3.05) is 7.11 Å². The summed E-state index contributed by atoms with van der Waals surface area (Å²) >= 11 is 0. The summed E-state index contributed by atoms with van der Waals surface area (Å²) in [7, 11) is 3.17. The normalized spacial score (nSPS) is 10.7. The van der Waals surface area contributed by atoms with Crippen LogP contribution in [-0.2, 0) is 7.05 Å². The van der Waals surface area contributed by atoms with E-state index in [2.05, 4.69) is 15.2 Å². The molecule has 1 rings (SSSR count). The predicted molar refractivity (Wildman–Crippen MR) is 36.9 cm³/mol. The number of hydrogen-bond donors (Lipinski definition) is 1. The summed E-state index contributed by atoms with van der Waals surface area (Å²) in [5, 5.41) is 14.8. The Hall–Kier alpha value is -1.59. The van der Waals surface area contributed by atoms with E-state index in [1.54, 1.807) is 7.05 Å². The Morgan fingerprint density at radius 1 is 1.73 bits per heavy atom. The summed E-state index contributed by atoms with van der Waals surface area (Å²) < 4.78 is 6.26. The van der Waals surface area contributed by atoms with Crippen molar-refractivity contribution in [1.29, 1.82) is 0 Å². The lowest BCUT2D eigenvalue weighted by molar-refractivity contribution is 0.321. The van der Waals surface area contributed by atoms with Crippen LogP contribution in [0.25, 0.3) is 0 Å². The largest absolute Gasteiger partial charge is 0.467 e. The van der Waals surface area contributed by atoms with Gasteiger partial charge in [-0.3, -0.25) is 0 Å². The standard InChI is InChI=1S/C5H8N4O2/c1-9-5(11-2)7-4(8-9)3-6-10/h3,10H,1-2H3. The van der Waals surface area contributed by atoms with E-state index in [1.165, 1.54) is 11.8 Å². The molecule has 6 nitrogen and oxygen atoms in total. The van der Waals surface area contributed by atoms with E-state index in [-0.39, 0.29) is 0 Å². The minimum absolute atomic E-state index is 0.312. The molecule has 60 valence electrons. The maximum Gasteiger partial charge on any atom is 0.314 e. The molecule has 1 aromatic heterocycles. The second-order valence-corrected chi connectivity index (χ2v) is 1.82. The monoisotopic (exact) mass is 156 g/mol. The molecule has 0 amide bonds. The Bertz CT molecular complexity index is 267. The number of methoxy groups -OCH3 is 1. The van der Waals surface area contributed by atoms with Crippen LogP contribution >= 0.6 is 0 Å². The third kappa shape index (κ3) is 1.46. The minimum atomic E-state index is 0.312. The second-order valence-electron chi connectivity index (χ2n) is 1.82. The summed E-state index contributed by atoms with van der Waals surface area (Å²) in [5.74, 6) is 0.312. The predicted octanol–water partition coefficient (Wildman–Crippen LogP) is -0.368. The van der Waals surface area contributed by atoms with E-state index < -0.39 is 0 Å². The van der Waals surface area contributed by atoms with Gasteiger partial charge in [-0.1, -0.05) is 5.16 Å². The summed E-state index contributed by atoms with van der Waals surface area (Å²) in [6, 6.07) is 0.375. The van der Waals surface area contributed by atoms with Crippen molar-refractivity contribution in [3.05, 3.63) is 5.82 Å². The lowest BCUT2D eigenvalue weighted by atomic mass is 10.7. The zero-order chi connectivity index (χ0) is 8.27. The first-order valence-electron chi connectivity index (χ1n) is 2.90. The average molecular weight is 156 g/mol. The number of aryl methyl sites for hydroxylation is 1. The van der Waals surface area contributed by atoms with E-state index in [1.807, 2.05) is 0 Å². The first kappa shape index (κ1) is 7.52. The highest BCUT2D eigenvalue weighted by molar-refractivity contribution is 5.73. The molecule has 1 heterocycles. The number of hydrogen-bond acceptors (Lipinski definition) is 5. The average Bonchev–Trinajstić information content (AvgIpc) is 2.32. The summed E-state index contributed by atoms with van der Waals surface area (Å²) in [5.41, 5.74) is 0. The molecular formula is C5H8N4O2. The Morgan fingerprint density at radius 3 is 2.91 bits per heavy atom. The number of nitrogens with zero attached hydrogens (tertiary/aromatic N) is 4. The van der Waals surface area contributed by atoms with Gasteiger partial charge in [0.25, 0.3) is 0 Å². The summed E-state index contributed by atoms with van der Waals surface area (Å²) in [6.07, 6.45) is 1.13. The molecule has 0 aliphatic heterocycles. The molecule has 0 aliphatic carbocycles. The molecule has 0 aliphatic rings. The van der Waals surface area contributed by atoms with Gasteiger partial charge in [-0.15, -0.1) is 5.10 Å². The Morgan fingerprint density at radius 2 is 2.45 bits per heavy atom. The van der Waals surface area contributed by atoms with Crippen LogP contribution in [0.1, 0.15) is 5.82 Å². The fourth-order valence-corrected chi connectivity index (χ4v) is 0.673. The van der Waals surface area contributed by atoms with Crippen LogP contribution in [0.5, 0.6) is 6.01 Å². The molecule has 0 spiro atoms. The zero-order valence-corrected chi connectivity index (χ0v) is 6.22. The first-order valence-corrected chi connectivity index (χ1v) is 2.90. The van der Waals surface area contributed by atoms with Crippen LogP contribution in [-0.4, -0.2) is 33.3 Å². The quantitative estimate of drug-likeness (QED) is 0.360. The zero-order valence-electron chi connectivity index (χ0n) is 6.22. The van der Waals surface area contributed by atoms with Gasteiger partial charge in [-0.2, -0.15) is 4.98 Å². The van der Waals surface area contributed by atoms with Crippen LogP contribution in [0.4, 0.5) is 0 Å². The van der Waals surface area contributed by atoms with Crippen molar-refractivity contribution in [3.8, 4) is 6.01 Å². The Labute approximate surface area is 63.1 Å². The Balaban J connectivity index is 2.95. The van der Waals surface area contributed by atoms with Crippen molar-refractivity contribution in [2.24, 2.45) is 12.2 Å². The van der Waals surface area contributed by atoms with Crippen molar-refractivity contribution < 1.29 is 9.94 Å². The smallest absolute Gasteiger partial charge is 0.314 e. The number of rotatable bonds is 2. The van der Waals surface area contributed by atoms with E-state index in [0.717, 1.165) is 6.21 Å². The minimum Gasteiger partial charge on any atom is -0.467 e. The van der Waals surface area contributed by atoms with Crippen LogP contribution in [0.2, 0.25) is 0 Å².